The van der Waals surface area contributed by atoms with Crippen molar-refractivity contribution in [3.63, 3.8) is 0 Å². The summed E-state index contributed by atoms with van der Waals surface area (Å²) in [6, 6.07) is 0. The predicted molar refractivity (Wildman–Crippen MR) is 59.2 cm³/mol. The van der Waals surface area contributed by atoms with Crippen molar-refractivity contribution in [1.82, 2.24) is 0 Å². The molecule has 0 amide bonds. The van der Waals surface area contributed by atoms with Crippen LogP contribution in [0, 0.1) is 23.2 Å². The highest BCUT2D eigenvalue weighted by molar-refractivity contribution is 6.71. The Morgan fingerprint density at radius 2 is 1.60 bits per heavy atom. The normalized spacial score (nSPS) is 46.8. The van der Waals surface area contributed by atoms with Crippen molar-refractivity contribution < 1.29 is 9.90 Å². The van der Waals surface area contributed by atoms with Crippen LogP contribution in [0.3, 0.4) is 0 Å². The molecule has 1 radical (unpaired) electrons. The first-order valence-electron chi connectivity index (χ1n) is 6.21. The molecule has 4 bridgehead atoms. The Labute approximate surface area is 91.7 Å². The number of hydrogen-bond donors (Lipinski definition) is 1. The standard InChI is InChI=1S/C12H18BO2/c14-11(15)13-7-12-4-8-1-9(5-12)3-10(2-8)6-12/h8-10H,1-7H2,(H,14,15). The highest BCUT2D eigenvalue weighted by Crippen LogP contribution is 2.61. The maximum atomic E-state index is 10.6. The van der Waals surface area contributed by atoms with E-state index in [0.29, 0.717) is 5.41 Å². The largest absolute Gasteiger partial charge is 0.490 e. The number of carboxylic acid groups (broad SMARTS) is 1. The summed E-state index contributed by atoms with van der Waals surface area (Å²) in [4.78, 5) is 10.6. The molecule has 3 heteroatoms. The molecule has 0 unspecified atom stereocenters. The fourth-order valence-electron chi connectivity index (χ4n) is 4.84. The van der Waals surface area contributed by atoms with Crippen molar-refractivity contribution in [3.8, 4) is 0 Å². The lowest BCUT2D eigenvalue weighted by Gasteiger charge is -2.57. The summed E-state index contributed by atoms with van der Waals surface area (Å²) in [6.45, 7) is 0. The quantitative estimate of drug-likeness (QED) is 0.719. The van der Waals surface area contributed by atoms with Gasteiger partial charge in [-0.25, -0.2) is 0 Å². The van der Waals surface area contributed by atoms with Crippen molar-refractivity contribution in [2.75, 3.05) is 0 Å². The van der Waals surface area contributed by atoms with Crippen LogP contribution in [0.2, 0.25) is 6.32 Å². The lowest BCUT2D eigenvalue weighted by Crippen LogP contribution is -2.46. The fourth-order valence-corrected chi connectivity index (χ4v) is 4.84. The molecule has 0 spiro atoms. The highest BCUT2D eigenvalue weighted by atomic mass is 16.4. The van der Waals surface area contributed by atoms with Crippen molar-refractivity contribution in [2.45, 2.75) is 44.8 Å². The van der Waals surface area contributed by atoms with Crippen LogP contribution in [0.5, 0.6) is 0 Å². The Kier molecular flexibility index (Phi) is 2.12. The lowest BCUT2D eigenvalue weighted by atomic mass is 9.45. The third-order valence-corrected chi connectivity index (χ3v) is 4.87. The molecule has 4 fully saturated rings. The molecule has 81 valence electrons. The van der Waals surface area contributed by atoms with Gasteiger partial charge in [-0.1, -0.05) is 6.32 Å². The van der Waals surface area contributed by atoms with Gasteiger partial charge in [0.25, 0.3) is 7.28 Å². The minimum absolute atomic E-state index is 0.396. The van der Waals surface area contributed by atoms with E-state index in [-0.39, 0.29) is 0 Å². The lowest BCUT2D eigenvalue weighted by molar-refractivity contribution is -0.0410. The van der Waals surface area contributed by atoms with Crippen molar-refractivity contribution in [1.29, 1.82) is 0 Å². The first-order chi connectivity index (χ1) is 7.15. The van der Waals surface area contributed by atoms with Gasteiger partial charge in [0.15, 0.2) is 0 Å². The molecule has 15 heavy (non-hydrogen) atoms. The van der Waals surface area contributed by atoms with Crippen LogP contribution in [-0.4, -0.2) is 18.3 Å². The smallest absolute Gasteiger partial charge is 0.261 e. The number of hydrogen-bond acceptors (Lipinski definition) is 1. The average Bonchev–Trinajstić information content (AvgIpc) is 2.12. The minimum atomic E-state index is -0.731. The van der Waals surface area contributed by atoms with E-state index in [0.717, 1.165) is 24.1 Å². The molecule has 0 aromatic carbocycles. The first kappa shape index (κ1) is 9.74. The van der Waals surface area contributed by atoms with Crippen LogP contribution in [0.25, 0.3) is 0 Å². The van der Waals surface area contributed by atoms with Crippen LogP contribution in [0.15, 0.2) is 0 Å². The van der Waals surface area contributed by atoms with Gasteiger partial charge in [-0.2, -0.15) is 0 Å². The minimum Gasteiger partial charge on any atom is -0.490 e. The Bertz CT molecular complexity index is 252. The molecule has 4 aliphatic carbocycles. The van der Waals surface area contributed by atoms with Crippen LogP contribution in [0.4, 0.5) is 4.79 Å². The van der Waals surface area contributed by atoms with Gasteiger partial charge in [0.1, 0.15) is 0 Å². The first-order valence-corrected chi connectivity index (χ1v) is 6.21. The summed E-state index contributed by atoms with van der Waals surface area (Å²) in [5, 5.41) is 8.76. The van der Waals surface area contributed by atoms with E-state index >= 15 is 0 Å². The second-order valence-electron chi connectivity index (χ2n) is 6.16. The van der Waals surface area contributed by atoms with E-state index in [4.69, 9.17) is 5.11 Å². The topological polar surface area (TPSA) is 37.3 Å². The summed E-state index contributed by atoms with van der Waals surface area (Å²) in [6.07, 6.45) is 9.06. The summed E-state index contributed by atoms with van der Waals surface area (Å²) in [7, 11) is 1.51. The van der Waals surface area contributed by atoms with Gasteiger partial charge < -0.3 is 5.11 Å². The molecule has 4 saturated carbocycles. The molecule has 1 N–H and O–H groups in total. The number of carbonyl (C=O) groups is 1. The Balaban J connectivity index is 1.72. The van der Waals surface area contributed by atoms with Crippen LogP contribution < -0.4 is 0 Å². The molecule has 0 atom stereocenters. The molecular weight excluding hydrogens is 187 g/mol. The zero-order valence-corrected chi connectivity index (χ0v) is 9.11. The van der Waals surface area contributed by atoms with Crippen LogP contribution in [0.1, 0.15) is 38.5 Å². The number of rotatable bonds is 3. The molecule has 0 saturated heterocycles. The van der Waals surface area contributed by atoms with Gasteiger partial charge in [-0.05, 0) is 61.7 Å². The summed E-state index contributed by atoms with van der Waals surface area (Å²) < 4.78 is 0. The van der Waals surface area contributed by atoms with Gasteiger partial charge in [0, 0.05) is 0 Å². The zero-order valence-electron chi connectivity index (χ0n) is 9.11. The van der Waals surface area contributed by atoms with Crippen molar-refractivity contribution in [2.24, 2.45) is 23.2 Å². The fraction of sp³-hybridized carbons (Fsp3) is 0.917. The second-order valence-corrected chi connectivity index (χ2v) is 6.16. The maximum Gasteiger partial charge on any atom is 0.261 e. The summed E-state index contributed by atoms with van der Waals surface area (Å²) in [5.41, 5.74) is 0.396. The van der Waals surface area contributed by atoms with E-state index < -0.39 is 5.87 Å². The maximum absolute atomic E-state index is 10.6. The molecule has 0 aromatic heterocycles. The summed E-state index contributed by atoms with van der Waals surface area (Å²) in [5.74, 6) is 2.06. The molecule has 4 aliphatic rings. The van der Waals surface area contributed by atoms with Gasteiger partial charge in [0.05, 0.1) is 0 Å². The summed E-state index contributed by atoms with van der Waals surface area (Å²) >= 11 is 0. The SMILES string of the molecule is O=C(O)[B]CC12CC3CC(CC(C3)C1)C2. The van der Waals surface area contributed by atoms with E-state index in [1.54, 1.807) is 0 Å². The van der Waals surface area contributed by atoms with Crippen LogP contribution >= 0.6 is 0 Å². The van der Waals surface area contributed by atoms with E-state index in [1.165, 1.54) is 45.8 Å². The molecule has 0 aromatic rings. The van der Waals surface area contributed by atoms with E-state index in [2.05, 4.69) is 0 Å². The predicted octanol–water partition coefficient (Wildman–Crippen LogP) is 3.00. The average molecular weight is 205 g/mol. The Morgan fingerprint density at radius 1 is 1.13 bits per heavy atom. The Morgan fingerprint density at radius 3 is 2.00 bits per heavy atom. The molecule has 0 heterocycles. The monoisotopic (exact) mass is 205 g/mol. The van der Waals surface area contributed by atoms with Gasteiger partial charge in [0.2, 0.25) is 5.87 Å². The van der Waals surface area contributed by atoms with Crippen molar-refractivity contribution in [3.05, 3.63) is 0 Å². The van der Waals surface area contributed by atoms with Crippen LogP contribution in [-0.2, 0) is 0 Å². The third-order valence-electron chi connectivity index (χ3n) is 4.87. The second kappa shape index (κ2) is 3.26. The molecule has 0 aliphatic heterocycles. The van der Waals surface area contributed by atoms with Gasteiger partial charge in [-0.15, -0.1) is 0 Å². The molecular formula is C12H18BO2. The van der Waals surface area contributed by atoms with E-state index in [9.17, 15) is 4.79 Å². The van der Waals surface area contributed by atoms with E-state index in [1.807, 2.05) is 0 Å². The third kappa shape index (κ3) is 1.70. The Hall–Kier alpha value is -0.465. The van der Waals surface area contributed by atoms with Gasteiger partial charge in [-0.3, -0.25) is 4.79 Å². The van der Waals surface area contributed by atoms with Gasteiger partial charge >= 0.3 is 0 Å². The molecule has 4 rings (SSSR count). The van der Waals surface area contributed by atoms with Crippen molar-refractivity contribution >= 4 is 13.1 Å². The zero-order chi connectivity index (χ0) is 10.5. The highest BCUT2D eigenvalue weighted by Gasteiger charge is 2.50. The molecule has 2 nitrogen and oxygen atoms in total.